The molecule has 1 unspecified atom stereocenters. The third-order valence-electron chi connectivity index (χ3n) is 12.0. The minimum atomic E-state index is -4.60. The molecule has 1 aliphatic carbocycles. The van der Waals surface area contributed by atoms with Crippen molar-refractivity contribution < 1.29 is 47.0 Å². The number of imide groups is 1. The first-order valence-corrected chi connectivity index (χ1v) is 23.7. The number of ether oxygens (including phenoxy) is 1. The SMILES string of the molecule is Cc1ccc(S(=O)(=O)N(CC(=O)N(Cc2ccc(C3CCCCC3)cc2)c2ccc(C(=O)NCCNc3cccc4c3CN(C3CCC(=O)NC3=O)C4=O)c(O)c2)C(=O)OC(C)(C)C)cc1. The third kappa shape index (κ3) is 10.8. The first kappa shape index (κ1) is 47.2. The van der Waals surface area contributed by atoms with Crippen LogP contribution in [-0.2, 0) is 42.2 Å². The second kappa shape index (κ2) is 19.8. The maximum atomic E-state index is 14.5. The van der Waals surface area contributed by atoms with Gasteiger partial charge in [0.25, 0.3) is 21.8 Å². The number of rotatable bonds is 14. The molecule has 2 aliphatic heterocycles. The van der Waals surface area contributed by atoms with Crippen molar-refractivity contribution in [2.75, 3.05) is 29.9 Å². The zero-order valence-electron chi connectivity index (χ0n) is 37.6. The minimum absolute atomic E-state index is 0.0623. The second-order valence-electron chi connectivity index (χ2n) is 18.0. The molecule has 2 heterocycles. The summed E-state index contributed by atoms with van der Waals surface area (Å²) in [5, 5.41) is 19.6. The maximum absolute atomic E-state index is 14.5. The van der Waals surface area contributed by atoms with Crippen LogP contribution < -0.4 is 20.9 Å². The van der Waals surface area contributed by atoms with Crippen LogP contribution in [0.3, 0.4) is 0 Å². The molecular formula is C49H56N6O10S. The summed E-state index contributed by atoms with van der Waals surface area (Å²) in [6.45, 7) is 6.05. The van der Waals surface area contributed by atoms with Crippen LogP contribution in [0.4, 0.5) is 16.2 Å². The third-order valence-corrected chi connectivity index (χ3v) is 13.8. The van der Waals surface area contributed by atoms with Crippen molar-refractivity contribution in [3.8, 4) is 5.75 Å². The van der Waals surface area contributed by atoms with Crippen LogP contribution in [-0.4, -0.2) is 89.6 Å². The molecule has 2 fully saturated rings. The first-order chi connectivity index (χ1) is 31.4. The lowest BCUT2D eigenvalue weighted by molar-refractivity contribution is -0.137. The molecule has 0 aromatic heterocycles. The van der Waals surface area contributed by atoms with E-state index in [4.69, 9.17) is 4.74 Å². The zero-order valence-corrected chi connectivity index (χ0v) is 38.4. The molecule has 1 saturated heterocycles. The van der Waals surface area contributed by atoms with Crippen LogP contribution in [0.1, 0.15) is 115 Å². The molecule has 16 nitrogen and oxygen atoms in total. The van der Waals surface area contributed by atoms with Gasteiger partial charge in [-0.1, -0.05) is 67.3 Å². The molecule has 4 aromatic rings. The van der Waals surface area contributed by atoms with Gasteiger partial charge in [-0.05, 0) is 100 Å². The molecular weight excluding hydrogens is 865 g/mol. The van der Waals surface area contributed by atoms with E-state index in [9.17, 15) is 42.3 Å². The number of carbonyl (C=O) groups is 6. The van der Waals surface area contributed by atoms with Crippen LogP contribution in [0.25, 0.3) is 0 Å². The Hall–Kier alpha value is -6.75. The van der Waals surface area contributed by atoms with Gasteiger partial charge in [-0.25, -0.2) is 13.2 Å². The number of nitrogens with zero attached hydrogens (tertiary/aromatic N) is 3. The number of hydrogen-bond acceptors (Lipinski definition) is 11. The summed E-state index contributed by atoms with van der Waals surface area (Å²) in [7, 11) is -4.60. The van der Waals surface area contributed by atoms with Crippen molar-refractivity contribution in [2.24, 2.45) is 0 Å². The number of aromatic hydroxyl groups is 1. The predicted octanol–water partition coefficient (Wildman–Crippen LogP) is 6.51. The Morgan fingerprint density at radius 2 is 1.61 bits per heavy atom. The summed E-state index contributed by atoms with van der Waals surface area (Å²) in [5.74, 6) is -2.62. The molecule has 7 rings (SSSR count). The number of aryl methyl sites for hydroxylation is 1. The molecule has 3 aliphatic rings. The molecule has 1 saturated carbocycles. The Labute approximate surface area is 384 Å². The summed E-state index contributed by atoms with van der Waals surface area (Å²) in [6, 6.07) is 22.2. The lowest BCUT2D eigenvalue weighted by atomic mass is 9.84. The quantitative estimate of drug-likeness (QED) is 0.0791. The highest BCUT2D eigenvalue weighted by Gasteiger charge is 2.40. The zero-order chi connectivity index (χ0) is 47.3. The van der Waals surface area contributed by atoms with Crippen molar-refractivity contribution in [3.63, 3.8) is 0 Å². The van der Waals surface area contributed by atoms with Crippen molar-refractivity contribution in [3.05, 3.63) is 118 Å². The van der Waals surface area contributed by atoms with E-state index in [2.05, 4.69) is 16.0 Å². The molecule has 4 aromatic carbocycles. The van der Waals surface area contributed by atoms with E-state index in [1.54, 1.807) is 58.0 Å². The Morgan fingerprint density at radius 1 is 0.894 bits per heavy atom. The average Bonchev–Trinajstić information content (AvgIpc) is 3.61. The van der Waals surface area contributed by atoms with E-state index in [-0.39, 0.29) is 67.0 Å². The monoisotopic (exact) mass is 920 g/mol. The van der Waals surface area contributed by atoms with Gasteiger partial charge >= 0.3 is 6.09 Å². The van der Waals surface area contributed by atoms with Crippen LogP contribution in [0, 0.1) is 6.92 Å². The summed E-state index contributed by atoms with van der Waals surface area (Å²) >= 11 is 0. The number of amides is 6. The Balaban J connectivity index is 1.08. The Kier molecular flexibility index (Phi) is 14.2. The highest BCUT2D eigenvalue weighted by atomic mass is 32.2. The number of anilines is 2. The Morgan fingerprint density at radius 3 is 2.27 bits per heavy atom. The number of carbonyl (C=O) groups excluding carboxylic acids is 6. The van der Waals surface area contributed by atoms with Gasteiger partial charge in [-0.2, -0.15) is 4.31 Å². The fourth-order valence-electron chi connectivity index (χ4n) is 8.54. The standard InChI is InChI=1S/C49H56N6O10S/c1-31-13-20-36(21-14-31)66(63,64)55(48(62)65-49(2,3)4)30-44(58)53(28-32-15-17-34(18-16-32)33-9-6-5-7-10-33)35-19-22-38(42(56)27-35)45(59)51-26-25-50-40-12-8-11-37-39(40)29-54(47(37)61)41-23-24-43(57)52-46(41)60/h8,11-22,27,33,41,50,56H,5-7,9-10,23-26,28-30H2,1-4H3,(H,51,59)(H,52,57,60). The summed E-state index contributed by atoms with van der Waals surface area (Å²) < 4.78 is 34.0. The number of fused-ring (bicyclic) bond motifs is 1. The van der Waals surface area contributed by atoms with Crippen LogP contribution in [0.15, 0.2) is 89.8 Å². The lowest BCUT2D eigenvalue weighted by Crippen LogP contribution is -2.52. The topological polar surface area (TPSA) is 212 Å². The molecule has 348 valence electrons. The number of phenols is 1. The predicted molar refractivity (Wildman–Crippen MR) is 246 cm³/mol. The molecule has 66 heavy (non-hydrogen) atoms. The van der Waals surface area contributed by atoms with E-state index < -0.39 is 57.8 Å². The number of phenolic OH excluding ortho intramolecular Hbond substituents is 1. The van der Waals surface area contributed by atoms with E-state index in [1.807, 2.05) is 24.3 Å². The fourth-order valence-corrected chi connectivity index (χ4v) is 9.79. The number of piperidine rings is 1. The van der Waals surface area contributed by atoms with Crippen LogP contribution in [0.5, 0.6) is 5.75 Å². The summed E-state index contributed by atoms with van der Waals surface area (Å²) in [5.41, 5.74) is 3.41. The first-order valence-electron chi connectivity index (χ1n) is 22.2. The van der Waals surface area contributed by atoms with Gasteiger partial charge in [-0.3, -0.25) is 29.3 Å². The van der Waals surface area contributed by atoms with E-state index >= 15 is 0 Å². The molecule has 17 heteroatoms. The maximum Gasteiger partial charge on any atom is 0.424 e. The summed E-state index contributed by atoms with van der Waals surface area (Å²) in [4.78, 5) is 81.5. The normalized spacial score (nSPS) is 16.6. The molecule has 4 N–H and O–H groups in total. The van der Waals surface area contributed by atoms with E-state index in [1.165, 1.54) is 52.1 Å². The Bertz CT molecular complexity index is 2620. The smallest absolute Gasteiger partial charge is 0.424 e. The van der Waals surface area contributed by atoms with Gasteiger partial charge in [0.1, 0.15) is 23.9 Å². The van der Waals surface area contributed by atoms with Crippen molar-refractivity contribution >= 4 is 57.0 Å². The fraction of sp³-hybridized carbons (Fsp3) is 0.388. The highest BCUT2D eigenvalue weighted by Crippen LogP contribution is 2.35. The van der Waals surface area contributed by atoms with Gasteiger partial charge in [0.05, 0.1) is 17.0 Å². The minimum Gasteiger partial charge on any atom is -0.507 e. The van der Waals surface area contributed by atoms with Gasteiger partial charge in [0, 0.05) is 54.6 Å². The number of hydrogen-bond donors (Lipinski definition) is 4. The van der Waals surface area contributed by atoms with Crippen molar-refractivity contribution in [1.29, 1.82) is 0 Å². The molecule has 0 radical (unpaired) electrons. The average molecular weight is 921 g/mol. The number of sulfonamides is 1. The lowest BCUT2D eigenvalue weighted by Gasteiger charge is -2.29. The van der Waals surface area contributed by atoms with E-state index in [0.717, 1.165) is 31.2 Å². The van der Waals surface area contributed by atoms with E-state index in [0.29, 0.717) is 32.6 Å². The van der Waals surface area contributed by atoms with Crippen LogP contribution in [0.2, 0.25) is 0 Å². The van der Waals surface area contributed by atoms with Gasteiger partial charge in [-0.15, -0.1) is 0 Å². The second-order valence-corrected chi connectivity index (χ2v) is 19.8. The number of benzene rings is 4. The molecule has 6 amide bonds. The van der Waals surface area contributed by atoms with Crippen molar-refractivity contribution in [1.82, 2.24) is 19.8 Å². The summed E-state index contributed by atoms with van der Waals surface area (Å²) in [6.07, 6.45) is 4.87. The van der Waals surface area contributed by atoms with Gasteiger partial charge in [0.2, 0.25) is 17.7 Å². The molecule has 0 spiro atoms. The highest BCUT2D eigenvalue weighted by molar-refractivity contribution is 7.89. The van der Waals surface area contributed by atoms with Gasteiger partial charge in [0.15, 0.2) is 0 Å². The van der Waals surface area contributed by atoms with Crippen LogP contribution >= 0.6 is 0 Å². The largest absolute Gasteiger partial charge is 0.507 e. The molecule has 1 atom stereocenters. The van der Waals surface area contributed by atoms with Crippen molar-refractivity contribution in [2.45, 2.75) is 108 Å². The molecule has 0 bridgehead atoms. The van der Waals surface area contributed by atoms with Gasteiger partial charge < -0.3 is 30.3 Å². The number of nitrogens with one attached hydrogen (secondary N) is 3.